The van der Waals surface area contributed by atoms with Crippen molar-refractivity contribution in [3.05, 3.63) is 71.4 Å². The second-order valence-corrected chi connectivity index (χ2v) is 6.95. The van der Waals surface area contributed by atoms with Gasteiger partial charge in [-0.05, 0) is 43.3 Å². The van der Waals surface area contributed by atoms with Gasteiger partial charge in [0.15, 0.2) is 11.6 Å². The second-order valence-electron chi connectivity index (χ2n) is 6.95. The van der Waals surface area contributed by atoms with Crippen molar-refractivity contribution in [2.75, 3.05) is 16.8 Å². The number of nitrogens with one attached hydrogen (secondary N) is 1. The zero-order chi connectivity index (χ0) is 22.3. The van der Waals surface area contributed by atoms with E-state index in [0.717, 1.165) is 18.2 Å². The molecule has 7 nitrogen and oxygen atoms in total. The van der Waals surface area contributed by atoms with E-state index in [4.69, 9.17) is 0 Å². The third-order valence-electron chi connectivity index (χ3n) is 4.85. The predicted molar refractivity (Wildman–Crippen MR) is 109 cm³/mol. The van der Waals surface area contributed by atoms with Gasteiger partial charge < -0.3 is 10.2 Å². The fraction of sp³-hybridized carbons (Fsp3) is 0.200. The number of nitrogens with zero attached hydrogens (tertiary/aromatic N) is 4. The Morgan fingerprint density at radius 1 is 1.19 bits per heavy atom. The van der Waals surface area contributed by atoms with Crippen molar-refractivity contribution < 1.29 is 27.2 Å². The fourth-order valence-electron chi connectivity index (χ4n) is 3.33. The van der Waals surface area contributed by atoms with Gasteiger partial charge in [-0.1, -0.05) is 0 Å². The van der Waals surface area contributed by atoms with E-state index in [-0.39, 0.29) is 47.8 Å². The molecule has 0 unspecified atom stereocenters. The number of amides is 2. The number of hydrogen-bond acceptors (Lipinski definition) is 4. The summed E-state index contributed by atoms with van der Waals surface area (Å²) in [4.78, 5) is 30.8. The Bertz CT molecular complexity index is 1160. The summed E-state index contributed by atoms with van der Waals surface area (Å²) in [7, 11) is 0. The third kappa shape index (κ3) is 4.15. The average molecular weight is 470 g/mol. The van der Waals surface area contributed by atoms with Crippen LogP contribution in [0.5, 0.6) is 0 Å². The van der Waals surface area contributed by atoms with Crippen molar-refractivity contribution in [3.8, 4) is 0 Å². The lowest BCUT2D eigenvalue weighted by atomic mass is 10.1. The van der Waals surface area contributed by atoms with E-state index in [1.54, 1.807) is 6.92 Å². The van der Waals surface area contributed by atoms with Crippen molar-refractivity contribution >= 4 is 35.7 Å². The minimum absolute atomic E-state index is 0. The number of carbonyl (C=O) groups excluding carboxylic acids is 2. The summed E-state index contributed by atoms with van der Waals surface area (Å²) in [5.41, 5.74) is -0.735. The second kappa shape index (κ2) is 8.58. The predicted octanol–water partition coefficient (Wildman–Crippen LogP) is 4.33. The molecule has 1 N–H and O–H groups in total. The molecule has 2 amide bonds. The van der Waals surface area contributed by atoms with Gasteiger partial charge in [0.2, 0.25) is 0 Å². The molecule has 0 aliphatic carbocycles. The van der Waals surface area contributed by atoms with Gasteiger partial charge in [0.1, 0.15) is 5.69 Å². The lowest BCUT2D eigenvalue weighted by Gasteiger charge is -2.32. The van der Waals surface area contributed by atoms with Crippen LogP contribution in [0.1, 0.15) is 39.4 Å². The first kappa shape index (κ1) is 23.2. The largest absolute Gasteiger partial charge is 0.416 e. The smallest absolute Gasteiger partial charge is 0.305 e. The third-order valence-corrected chi connectivity index (χ3v) is 4.85. The molecule has 1 atom stereocenters. The van der Waals surface area contributed by atoms with E-state index >= 15 is 0 Å². The van der Waals surface area contributed by atoms with Crippen molar-refractivity contribution in [3.63, 3.8) is 0 Å². The zero-order valence-corrected chi connectivity index (χ0v) is 17.2. The first-order valence-corrected chi connectivity index (χ1v) is 9.15. The fourth-order valence-corrected chi connectivity index (χ4v) is 3.33. The summed E-state index contributed by atoms with van der Waals surface area (Å²) in [6.45, 7) is 1.90. The summed E-state index contributed by atoms with van der Waals surface area (Å²) < 4.78 is 53.7. The van der Waals surface area contributed by atoms with Crippen LogP contribution < -0.4 is 10.2 Å². The van der Waals surface area contributed by atoms with Gasteiger partial charge in [-0.25, -0.2) is 9.37 Å². The van der Waals surface area contributed by atoms with E-state index < -0.39 is 29.4 Å². The molecule has 1 aliphatic heterocycles. The van der Waals surface area contributed by atoms with E-state index in [1.165, 1.54) is 40.2 Å². The lowest BCUT2D eigenvalue weighted by molar-refractivity contribution is -0.137. The number of aromatic nitrogens is 3. The Balaban J connectivity index is 0.00000289. The quantitative estimate of drug-likeness (QED) is 0.579. The highest BCUT2D eigenvalue weighted by Gasteiger charge is 2.36. The molecular weight excluding hydrogens is 454 g/mol. The minimum Gasteiger partial charge on any atom is -0.305 e. The maximum Gasteiger partial charge on any atom is 0.416 e. The molecule has 3 aromatic rings. The van der Waals surface area contributed by atoms with Crippen LogP contribution in [0.15, 0.2) is 48.8 Å². The molecule has 2 aromatic heterocycles. The Morgan fingerprint density at radius 3 is 2.50 bits per heavy atom. The molecule has 1 aliphatic rings. The molecule has 0 saturated heterocycles. The molecule has 0 radical (unpaired) electrons. The normalized spacial score (nSPS) is 15.7. The first-order chi connectivity index (χ1) is 14.7. The number of alkyl halides is 3. The molecule has 3 heterocycles. The standard InChI is InChI=1S/C20H15F4N5O2.ClH/c1-11-10-28(13-6-4-12(5-7-13)20(22,23)24)19(31)16-14(9-26-29(11)16)18(30)27-17-15(21)3-2-8-25-17;/h2-9,11H,10H2,1H3,(H,25,27,30);1H/t11-;/m0./s1. The number of rotatable bonds is 3. The van der Waals surface area contributed by atoms with Crippen LogP contribution in [0.2, 0.25) is 0 Å². The molecule has 32 heavy (non-hydrogen) atoms. The number of halogens is 5. The molecule has 0 fully saturated rings. The van der Waals surface area contributed by atoms with Crippen LogP contribution in [-0.4, -0.2) is 33.1 Å². The first-order valence-electron chi connectivity index (χ1n) is 9.15. The van der Waals surface area contributed by atoms with Crippen LogP contribution in [-0.2, 0) is 6.18 Å². The van der Waals surface area contributed by atoms with Crippen LogP contribution in [0.4, 0.5) is 29.1 Å². The summed E-state index contributed by atoms with van der Waals surface area (Å²) >= 11 is 0. The van der Waals surface area contributed by atoms with E-state index in [0.29, 0.717) is 0 Å². The molecular formula is C20H16ClF4N5O2. The summed E-state index contributed by atoms with van der Waals surface area (Å²) in [5.74, 6) is -2.44. The average Bonchev–Trinajstić information content (AvgIpc) is 3.18. The van der Waals surface area contributed by atoms with E-state index in [1.807, 2.05) is 0 Å². The monoisotopic (exact) mass is 469 g/mol. The molecule has 1 aromatic carbocycles. The summed E-state index contributed by atoms with van der Waals surface area (Å²) in [6.07, 6.45) is -2.01. The van der Waals surface area contributed by atoms with Gasteiger partial charge in [-0.2, -0.15) is 18.3 Å². The Labute approximate surface area is 185 Å². The van der Waals surface area contributed by atoms with Gasteiger partial charge in [0, 0.05) is 18.4 Å². The maximum absolute atomic E-state index is 13.8. The zero-order valence-electron chi connectivity index (χ0n) is 16.4. The topological polar surface area (TPSA) is 80.1 Å². The highest BCUT2D eigenvalue weighted by atomic mass is 35.5. The molecule has 0 spiro atoms. The SMILES string of the molecule is C[C@H]1CN(c2ccc(C(F)(F)F)cc2)C(=O)c2c(C(=O)Nc3ncccc3F)cnn21.Cl. The molecule has 4 rings (SSSR count). The van der Waals surface area contributed by atoms with Crippen molar-refractivity contribution in [2.45, 2.75) is 19.1 Å². The Kier molecular flexibility index (Phi) is 6.22. The summed E-state index contributed by atoms with van der Waals surface area (Å²) in [6, 6.07) is 6.29. The van der Waals surface area contributed by atoms with Gasteiger partial charge >= 0.3 is 6.18 Å². The molecule has 168 valence electrons. The van der Waals surface area contributed by atoms with Crippen LogP contribution in [0.25, 0.3) is 0 Å². The van der Waals surface area contributed by atoms with Crippen LogP contribution in [0.3, 0.4) is 0 Å². The molecule has 0 bridgehead atoms. The molecule has 12 heteroatoms. The number of fused-ring (bicyclic) bond motifs is 1. The highest BCUT2D eigenvalue weighted by molar-refractivity contribution is 6.15. The lowest BCUT2D eigenvalue weighted by Crippen LogP contribution is -2.43. The van der Waals surface area contributed by atoms with E-state index in [2.05, 4.69) is 15.4 Å². The van der Waals surface area contributed by atoms with Crippen molar-refractivity contribution in [1.29, 1.82) is 0 Å². The number of carbonyl (C=O) groups is 2. The maximum atomic E-state index is 13.8. The van der Waals surface area contributed by atoms with Crippen molar-refractivity contribution in [2.24, 2.45) is 0 Å². The Morgan fingerprint density at radius 2 is 1.88 bits per heavy atom. The van der Waals surface area contributed by atoms with Crippen LogP contribution in [0, 0.1) is 5.82 Å². The number of hydrogen-bond donors (Lipinski definition) is 1. The summed E-state index contributed by atoms with van der Waals surface area (Å²) in [5, 5.41) is 6.40. The van der Waals surface area contributed by atoms with E-state index in [9.17, 15) is 27.2 Å². The van der Waals surface area contributed by atoms with Crippen LogP contribution >= 0.6 is 12.4 Å². The highest BCUT2D eigenvalue weighted by Crippen LogP contribution is 2.33. The number of pyridine rings is 1. The van der Waals surface area contributed by atoms with Gasteiger partial charge in [0.25, 0.3) is 11.8 Å². The van der Waals surface area contributed by atoms with Gasteiger partial charge in [-0.3, -0.25) is 14.3 Å². The van der Waals surface area contributed by atoms with Gasteiger partial charge in [-0.15, -0.1) is 12.4 Å². The van der Waals surface area contributed by atoms with Gasteiger partial charge in [0.05, 0.1) is 23.4 Å². The Hall–Kier alpha value is -3.47. The molecule has 0 saturated carbocycles. The minimum atomic E-state index is -4.50. The number of benzene rings is 1. The van der Waals surface area contributed by atoms with Crippen molar-refractivity contribution in [1.82, 2.24) is 14.8 Å². The number of anilines is 2.